The van der Waals surface area contributed by atoms with Gasteiger partial charge in [-0.15, -0.1) is 0 Å². The quantitative estimate of drug-likeness (QED) is 0.931. The summed E-state index contributed by atoms with van der Waals surface area (Å²) in [7, 11) is 2.06. The van der Waals surface area contributed by atoms with E-state index in [4.69, 9.17) is 9.72 Å². The highest BCUT2D eigenvalue weighted by molar-refractivity contribution is 5.81. The number of ether oxygens (including phenoxy) is 1. The normalized spacial score (nSPS) is 16.5. The molecule has 2 aromatic rings. The molecule has 2 heterocycles. The molecule has 20 heavy (non-hydrogen) atoms. The van der Waals surface area contributed by atoms with Crippen molar-refractivity contribution in [3.05, 3.63) is 35.9 Å². The van der Waals surface area contributed by atoms with Gasteiger partial charge in [-0.05, 0) is 25.0 Å². The highest BCUT2D eigenvalue weighted by Gasteiger charge is 2.21. The van der Waals surface area contributed by atoms with Crippen LogP contribution in [0.25, 0.3) is 10.9 Å². The van der Waals surface area contributed by atoms with Crippen LogP contribution in [-0.4, -0.2) is 36.4 Å². The van der Waals surface area contributed by atoms with Crippen molar-refractivity contribution in [1.82, 2.24) is 4.98 Å². The number of aliphatic hydroxyl groups is 1. The Kier molecular flexibility index (Phi) is 3.85. The monoisotopic (exact) mass is 272 g/mol. The number of benzene rings is 1. The Bertz CT molecular complexity index is 594. The molecule has 3 rings (SSSR count). The van der Waals surface area contributed by atoms with Crippen molar-refractivity contribution < 1.29 is 9.84 Å². The Morgan fingerprint density at radius 3 is 2.80 bits per heavy atom. The minimum absolute atomic E-state index is 0.0146. The van der Waals surface area contributed by atoms with E-state index in [0.717, 1.165) is 48.3 Å². The van der Waals surface area contributed by atoms with Gasteiger partial charge in [0.2, 0.25) is 0 Å². The van der Waals surface area contributed by atoms with E-state index in [1.165, 1.54) is 0 Å². The second-order valence-electron chi connectivity index (χ2n) is 5.28. The summed E-state index contributed by atoms with van der Waals surface area (Å²) in [6.07, 6.45) is 2.02. The first-order valence-electron chi connectivity index (χ1n) is 7.09. The van der Waals surface area contributed by atoms with Crippen LogP contribution < -0.4 is 4.90 Å². The summed E-state index contributed by atoms with van der Waals surface area (Å²) in [5.41, 5.74) is 1.86. The van der Waals surface area contributed by atoms with Gasteiger partial charge in [0, 0.05) is 37.3 Å². The van der Waals surface area contributed by atoms with Gasteiger partial charge in [-0.2, -0.15) is 0 Å². The minimum Gasteiger partial charge on any atom is -0.392 e. The van der Waals surface area contributed by atoms with Crippen LogP contribution in [0.15, 0.2) is 30.3 Å². The van der Waals surface area contributed by atoms with Crippen molar-refractivity contribution in [2.75, 3.05) is 25.2 Å². The largest absolute Gasteiger partial charge is 0.392 e. The van der Waals surface area contributed by atoms with E-state index in [2.05, 4.69) is 11.9 Å². The first-order valence-corrected chi connectivity index (χ1v) is 7.09. The Morgan fingerprint density at radius 2 is 2.05 bits per heavy atom. The van der Waals surface area contributed by atoms with Crippen molar-refractivity contribution in [3.8, 4) is 0 Å². The molecule has 0 saturated carbocycles. The smallest absolute Gasteiger partial charge is 0.134 e. The molecule has 4 nitrogen and oxygen atoms in total. The van der Waals surface area contributed by atoms with Gasteiger partial charge in [-0.3, -0.25) is 0 Å². The molecule has 0 atom stereocenters. The third-order valence-electron chi connectivity index (χ3n) is 4.02. The zero-order chi connectivity index (χ0) is 13.9. The molecule has 0 amide bonds. The van der Waals surface area contributed by atoms with E-state index in [9.17, 15) is 5.11 Å². The molecule has 1 aromatic carbocycles. The molecule has 1 aromatic heterocycles. The number of nitrogens with zero attached hydrogens (tertiary/aromatic N) is 2. The van der Waals surface area contributed by atoms with Gasteiger partial charge in [0.05, 0.1) is 12.1 Å². The van der Waals surface area contributed by atoms with E-state index < -0.39 is 0 Å². The van der Waals surface area contributed by atoms with Crippen molar-refractivity contribution in [2.45, 2.75) is 25.5 Å². The summed E-state index contributed by atoms with van der Waals surface area (Å²) in [6, 6.07) is 10.5. The van der Waals surface area contributed by atoms with Gasteiger partial charge in [-0.1, -0.05) is 18.2 Å². The lowest BCUT2D eigenvalue weighted by molar-refractivity contribution is 0.0853. The van der Waals surface area contributed by atoms with E-state index in [-0.39, 0.29) is 6.61 Å². The molecule has 1 fully saturated rings. The van der Waals surface area contributed by atoms with E-state index >= 15 is 0 Å². The standard InChI is InChI=1S/C16H20N2O2/c1-18(14-6-8-20-9-7-14)16-13(11-19)10-12-4-2-3-5-15(12)17-16/h2-5,10,14,19H,6-9,11H2,1H3. The fourth-order valence-electron chi connectivity index (χ4n) is 2.82. The number of hydrogen-bond donors (Lipinski definition) is 1. The maximum absolute atomic E-state index is 9.63. The van der Waals surface area contributed by atoms with Crippen molar-refractivity contribution in [2.24, 2.45) is 0 Å². The zero-order valence-corrected chi connectivity index (χ0v) is 11.7. The molecule has 106 valence electrons. The van der Waals surface area contributed by atoms with Gasteiger partial charge in [0.25, 0.3) is 0 Å². The van der Waals surface area contributed by atoms with Gasteiger partial charge in [0.1, 0.15) is 5.82 Å². The number of rotatable bonds is 3. The molecule has 0 radical (unpaired) electrons. The molecule has 0 unspecified atom stereocenters. The summed E-state index contributed by atoms with van der Waals surface area (Å²) in [5, 5.41) is 10.7. The molecule has 0 bridgehead atoms. The highest BCUT2D eigenvalue weighted by atomic mass is 16.5. The molecule has 1 aliphatic rings. The first-order chi connectivity index (χ1) is 9.79. The Balaban J connectivity index is 1.99. The number of anilines is 1. The number of pyridine rings is 1. The topological polar surface area (TPSA) is 45.6 Å². The Hall–Kier alpha value is -1.65. The van der Waals surface area contributed by atoms with Crippen LogP contribution in [0.2, 0.25) is 0 Å². The third-order valence-corrected chi connectivity index (χ3v) is 4.02. The summed E-state index contributed by atoms with van der Waals surface area (Å²) >= 11 is 0. The average molecular weight is 272 g/mol. The zero-order valence-electron chi connectivity index (χ0n) is 11.7. The first kappa shape index (κ1) is 13.3. The second kappa shape index (κ2) is 5.77. The highest BCUT2D eigenvalue weighted by Crippen LogP contribution is 2.26. The number of fused-ring (bicyclic) bond motifs is 1. The van der Waals surface area contributed by atoms with Crippen LogP contribution in [0, 0.1) is 0 Å². The lowest BCUT2D eigenvalue weighted by atomic mass is 10.1. The molecular weight excluding hydrogens is 252 g/mol. The average Bonchev–Trinajstić information content (AvgIpc) is 2.53. The Labute approximate surface area is 119 Å². The number of aromatic nitrogens is 1. The number of para-hydroxylation sites is 1. The van der Waals surface area contributed by atoms with E-state index in [1.54, 1.807) is 0 Å². The fraction of sp³-hybridized carbons (Fsp3) is 0.438. The van der Waals surface area contributed by atoms with Crippen LogP contribution >= 0.6 is 0 Å². The summed E-state index contributed by atoms with van der Waals surface area (Å²) in [6.45, 7) is 1.62. The van der Waals surface area contributed by atoms with Crippen LogP contribution in [-0.2, 0) is 11.3 Å². The molecule has 1 saturated heterocycles. The van der Waals surface area contributed by atoms with Crippen LogP contribution in [0.1, 0.15) is 18.4 Å². The van der Waals surface area contributed by atoms with Crippen LogP contribution in [0.3, 0.4) is 0 Å². The van der Waals surface area contributed by atoms with Crippen molar-refractivity contribution >= 4 is 16.7 Å². The van der Waals surface area contributed by atoms with Gasteiger partial charge in [-0.25, -0.2) is 4.98 Å². The van der Waals surface area contributed by atoms with Crippen LogP contribution in [0.4, 0.5) is 5.82 Å². The summed E-state index contributed by atoms with van der Waals surface area (Å²) in [5.74, 6) is 0.887. The second-order valence-corrected chi connectivity index (χ2v) is 5.28. The SMILES string of the molecule is CN(c1nc2ccccc2cc1CO)C1CCOCC1. The minimum atomic E-state index is 0.0146. The van der Waals surface area contributed by atoms with Crippen molar-refractivity contribution in [1.29, 1.82) is 0 Å². The van der Waals surface area contributed by atoms with Gasteiger partial charge >= 0.3 is 0 Å². The van der Waals surface area contributed by atoms with E-state index in [1.807, 2.05) is 30.3 Å². The van der Waals surface area contributed by atoms with E-state index in [0.29, 0.717) is 6.04 Å². The number of aliphatic hydroxyl groups excluding tert-OH is 1. The summed E-state index contributed by atoms with van der Waals surface area (Å²) < 4.78 is 5.42. The fourth-order valence-corrected chi connectivity index (χ4v) is 2.82. The predicted molar refractivity (Wildman–Crippen MR) is 79.9 cm³/mol. The van der Waals surface area contributed by atoms with Gasteiger partial charge < -0.3 is 14.7 Å². The maximum Gasteiger partial charge on any atom is 0.134 e. The third kappa shape index (κ3) is 2.49. The molecule has 4 heteroatoms. The Morgan fingerprint density at radius 1 is 1.30 bits per heavy atom. The van der Waals surface area contributed by atoms with Crippen molar-refractivity contribution in [3.63, 3.8) is 0 Å². The molecular formula is C16H20N2O2. The molecule has 1 aliphatic heterocycles. The molecule has 0 spiro atoms. The summed E-state index contributed by atoms with van der Waals surface area (Å²) in [4.78, 5) is 6.94. The molecule has 1 N–H and O–H groups in total. The lowest BCUT2D eigenvalue weighted by Gasteiger charge is -2.33. The van der Waals surface area contributed by atoms with Crippen LogP contribution in [0.5, 0.6) is 0 Å². The van der Waals surface area contributed by atoms with Gasteiger partial charge in [0.15, 0.2) is 0 Å². The molecule has 0 aliphatic carbocycles. The maximum atomic E-state index is 9.63. The number of hydrogen-bond acceptors (Lipinski definition) is 4. The lowest BCUT2D eigenvalue weighted by Crippen LogP contribution is -2.37. The predicted octanol–water partition coefficient (Wildman–Crippen LogP) is 2.34.